The molecule has 1 fully saturated rings. The van der Waals surface area contributed by atoms with E-state index in [0.29, 0.717) is 11.5 Å². The molecule has 2 atom stereocenters. The average molecular weight is 390 g/mol. The molecule has 2 unspecified atom stereocenters. The first-order valence-electron chi connectivity index (χ1n) is 8.86. The molecule has 7 nitrogen and oxygen atoms in total. The van der Waals surface area contributed by atoms with Gasteiger partial charge in [-0.3, -0.25) is 4.90 Å². The molecule has 1 saturated heterocycles. The molecule has 1 aliphatic heterocycles. The molecule has 0 radical (unpaired) electrons. The zero-order valence-electron chi connectivity index (χ0n) is 15.4. The molecule has 1 N–H and O–H groups in total. The second kappa shape index (κ2) is 6.69. The van der Waals surface area contributed by atoms with Gasteiger partial charge in [-0.15, -0.1) is 14.8 Å². The van der Waals surface area contributed by atoms with Gasteiger partial charge in [-0.05, 0) is 67.4 Å². The van der Waals surface area contributed by atoms with E-state index in [0.717, 1.165) is 18.5 Å². The molecule has 2 aromatic heterocycles. The Kier molecular flexibility index (Phi) is 4.47. The smallest absolute Gasteiger partial charge is 0.200 e. The van der Waals surface area contributed by atoms with Gasteiger partial charge < -0.3 is 5.32 Å². The molecule has 0 spiro atoms. The zero-order valence-corrected chi connectivity index (χ0v) is 16.2. The quantitative estimate of drug-likeness (QED) is 0.740. The predicted molar refractivity (Wildman–Crippen MR) is 101 cm³/mol. The topological polar surface area (TPSA) is 71.2 Å². The zero-order chi connectivity index (χ0) is 19.2. The maximum Gasteiger partial charge on any atom is 0.200 e. The Labute approximate surface area is 161 Å². The third-order valence-corrected chi connectivity index (χ3v) is 5.25. The van der Waals surface area contributed by atoms with Crippen molar-refractivity contribution >= 4 is 23.1 Å². The largest absolute Gasteiger partial charge is 0.364 e. The minimum absolute atomic E-state index is 0.0110. The van der Waals surface area contributed by atoms with Crippen LogP contribution in [-0.4, -0.2) is 48.3 Å². The molecule has 27 heavy (non-hydrogen) atoms. The number of anilines is 1. The molecular formula is C18H21ClFN7. The fraction of sp³-hybridized carbons (Fsp3) is 0.444. The lowest BCUT2D eigenvalue weighted by molar-refractivity contribution is 0.118. The molecule has 0 aliphatic carbocycles. The van der Waals surface area contributed by atoms with Crippen molar-refractivity contribution in [3.8, 4) is 0 Å². The Morgan fingerprint density at radius 2 is 2.04 bits per heavy atom. The lowest BCUT2D eigenvalue weighted by Gasteiger charge is -2.39. The van der Waals surface area contributed by atoms with Gasteiger partial charge in [0.25, 0.3) is 0 Å². The number of aromatic nitrogens is 5. The summed E-state index contributed by atoms with van der Waals surface area (Å²) in [6.45, 7) is 7.39. The van der Waals surface area contributed by atoms with Crippen LogP contribution in [0.25, 0.3) is 5.65 Å². The van der Waals surface area contributed by atoms with Gasteiger partial charge in [-0.1, -0.05) is 17.7 Å². The summed E-state index contributed by atoms with van der Waals surface area (Å²) < 4.78 is 15.5. The van der Waals surface area contributed by atoms with Gasteiger partial charge >= 0.3 is 0 Å². The van der Waals surface area contributed by atoms with Gasteiger partial charge in [0.05, 0.1) is 11.1 Å². The lowest BCUT2D eigenvalue weighted by Crippen LogP contribution is -2.43. The molecule has 4 rings (SSSR count). The van der Waals surface area contributed by atoms with Crippen LogP contribution in [0.15, 0.2) is 30.3 Å². The van der Waals surface area contributed by atoms with E-state index in [-0.39, 0.29) is 22.6 Å². The summed E-state index contributed by atoms with van der Waals surface area (Å²) in [6.07, 6.45) is 0.904. The molecule has 142 valence electrons. The second-order valence-electron chi connectivity index (χ2n) is 7.77. The van der Waals surface area contributed by atoms with E-state index in [2.05, 4.69) is 51.6 Å². The SMILES string of the molecule is CC(C)(C)N1CCC(Nc2ccc3nnnn3n2)C1c1ccc(Cl)c(F)c1. The van der Waals surface area contributed by atoms with Crippen LogP contribution in [0.5, 0.6) is 0 Å². The number of rotatable bonds is 3. The standard InChI is InChI=1S/C18H21ClFN7/c1-18(2,3)26-9-8-14(17(26)11-4-5-12(19)13(20)10-11)21-15-6-7-16-22-24-25-27(16)23-15/h4-7,10,14,17H,8-9H2,1-3H3,(H,21,23). The Morgan fingerprint density at radius 3 is 2.78 bits per heavy atom. The molecule has 3 aromatic rings. The van der Waals surface area contributed by atoms with Gasteiger partial charge in [-0.25, -0.2) is 4.39 Å². The first-order chi connectivity index (χ1) is 12.8. The summed E-state index contributed by atoms with van der Waals surface area (Å²) >= 11 is 5.89. The highest BCUT2D eigenvalue weighted by Crippen LogP contribution is 2.39. The lowest BCUT2D eigenvalue weighted by atomic mass is 9.96. The van der Waals surface area contributed by atoms with Crippen molar-refractivity contribution < 1.29 is 4.39 Å². The summed E-state index contributed by atoms with van der Waals surface area (Å²) in [5.74, 6) is 0.275. The van der Waals surface area contributed by atoms with Gasteiger partial charge in [0.1, 0.15) is 11.6 Å². The van der Waals surface area contributed by atoms with Crippen LogP contribution in [0.1, 0.15) is 38.8 Å². The maximum absolute atomic E-state index is 14.1. The van der Waals surface area contributed by atoms with E-state index in [4.69, 9.17) is 11.6 Å². The number of tetrazole rings is 1. The summed E-state index contributed by atoms with van der Waals surface area (Å²) in [4.78, 5) is 2.38. The van der Waals surface area contributed by atoms with Gasteiger partial charge in [-0.2, -0.15) is 0 Å². The number of likely N-dealkylation sites (tertiary alicyclic amines) is 1. The number of hydrogen-bond acceptors (Lipinski definition) is 6. The Morgan fingerprint density at radius 1 is 1.22 bits per heavy atom. The predicted octanol–water partition coefficient (Wildman–Crippen LogP) is 3.34. The molecule has 0 saturated carbocycles. The van der Waals surface area contributed by atoms with Crippen LogP contribution in [0.4, 0.5) is 10.2 Å². The van der Waals surface area contributed by atoms with Crippen molar-refractivity contribution in [3.63, 3.8) is 0 Å². The second-order valence-corrected chi connectivity index (χ2v) is 8.17. The molecule has 0 bridgehead atoms. The molecule has 1 aromatic carbocycles. The molecule has 0 amide bonds. The summed E-state index contributed by atoms with van der Waals surface area (Å²) in [5, 5.41) is 19.3. The van der Waals surface area contributed by atoms with E-state index >= 15 is 0 Å². The number of fused-ring (bicyclic) bond motifs is 1. The number of halogens is 2. The van der Waals surface area contributed by atoms with Crippen LogP contribution >= 0.6 is 11.6 Å². The van der Waals surface area contributed by atoms with Crippen molar-refractivity contribution in [1.82, 2.24) is 30.2 Å². The summed E-state index contributed by atoms with van der Waals surface area (Å²) in [7, 11) is 0. The van der Waals surface area contributed by atoms with Crippen LogP contribution in [-0.2, 0) is 0 Å². The van der Waals surface area contributed by atoms with Crippen molar-refractivity contribution in [2.24, 2.45) is 0 Å². The third-order valence-electron chi connectivity index (χ3n) is 4.95. The molecule has 9 heteroatoms. The van der Waals surface area contributed by atoms with E-state index in [1.54, 1.807) is 6.07 Å². The van der Waals surface area contributed by atoms with Crippen molar-refractivity contribution in [2.45, 2.75) is 44.8 Å². The highest BCUT2D eigenvalue weighted by molar-refractivity contribution is 6.30. The Balaban J connectivity index is 1.68. The monoisotopic (exact) mass is 389 g/mol. The molecular weight excluding hydrogens is 369 g/mol. The average Bonchev–Trinajstić information content (AvgIpc) is 3.23. The van der Waals surface area contributed by atoms with E-state index < -0.39 is 5.82 Å². The highest BCUT2D eigenvalue weighted by Gasteiger charge is 2.41. The van der Waals surface area contributed by atoms with Gasteiger partial charge in [0.2, 0.25) is 0 Å². The first-order valence-corrected chi connectivity index (χ1v) is 9.24. The van der Waals surface area contributed by atoms with Crippen LogP contribution < -0.4 is 5.32 Å². The Hall–Kier alpha value is -2.32. The van der Waals surface area contributed by atoms with E-state index in [1.165, 1.54) is 10.7 Å². The summed E-state index contributed by atoms with van der Waals surface area (Å²) in [6, 6.07) is 8.76. The van der Waals surface area contributed by atoms with Crippen molar-refractivity contribution in [2.75, 3.05) is 11.9 Å². The maximum atomic E-state index is 14.1. The van der Waals surface area contributed by atoms with Gasteiger partial charge in [0, 0.05) is 18.1 Å². The number of hydrogen-bond donors (Lipinski definition) is 1. The van der Waals surface area contributed by atoms with E-state index in [9.17, 15) is 4.39 Å². The van der Waals surface area contributed by atoms with Gasteiger partial charge in [0.15, 0.2) is 5.65 Å². The van der Waals surface area contributed by atoms with Crippen molar-refractivity contribution in [1.29, 1.82) is 0 Å². The number of benzene rings is 1. The summed E-state index contributed by atoms with van der Waals surface area (Å²) in [5.41, 5.74) is 1.41. The normalized spacial score (nSPS) is 21.1. The first kappa shape index (κ1) is 18.1. The fourth-order valence-corrected chi connectivity index (χ4v) is 3.84. The number of nitrogens with zero attached hydrogens (tertiary/aromatic N) is 6. The molecule has 3 heterocycles. The van der Waals surface area contributed by atoms with Crippen molar-refractivity contribution in [3.05, 3.63) is 46.7 Å². The minimum atomic E-state index is -0.401. The molecule has 1 aliphatic rings. The fourth-order valence-electron chi connectivity index (χ4n) is 3.72. The Bertz CT molecular complexity index is 968. The van der Waals surface area contributed by atoms with Crippen LogP contribution in [0.2, 0.25) is 5.02 Å². The highest BCUT2D eigenvalue weighted by atomic mass is 35.5. The number of nitrogens with one attached hydrogen (secondary N) is 1. The van der Waals surface area contributed by atoms with E-state index in [1.807, 2.05) is 18.2 Å². The van der Waals surface area contributed by atoms with Crippen LogP contribution in [0, 0.1) is 5.82 Å². The minimum Gasteiger partial charge on any atom is -0.364 e. The van der Waals surface area contributed by atoms with Crippen LogP contribution in [0.3, 0.4) is 0 Å². The third kappa shape index (κ3) is 3.46.